The summed E-state index contributed by atoms with van der Waals surface area (Å²) < 4.78 is 42.5. The van der Waals surface area contributed by atoms with E-state index in [9.17, 15) is 13.2 Å². The topological polar surface area (TPSA) is 94.2 Å². The zero-order valence-electron chi connectivity index (χ0n) is 16.5. The molecule has 9 heteroatoms. The largest absolute Gasteiger partial charge is 0.491 e. The summed E-state index contributed by atoms with van der Waals surface area (Å²) in [5, 5.41) is 2.72. The number of benzene rings is 2. The Morgan fingerprint density at radius 1 is 1.17 bits per heavy atom. The predicted molar refractivity (Wildman–Crippen MR) is 110 cm³/mol. The number of anilines is 2. The normalized spacial score (nSPS) is 12.7. The SMILES string of the molecule is CCS(=O)(=O)N(CC(=O)Nc1cccc(OC(C)C)c1)c1ccc2c(c1)OCO2. The molecule has 1 aliphatic heterocycles. The monoisotopic (exact) mass is 420 g/mol. The van der Waals surface area contributed by atoms with Crippen LogP contribution >= 0.6 is 0 Å². The van der Waals surface area contributed by atoms with Crippen LogP contribution in [0, 0.1) is 0 Å². The molecule has 0 aliphatic carbocycles. The molecule has 156 valence electrons. The molecular formula is C20H24N2O6S. The summed E-state index contributed by atoms with van der Waals surface area (Å²) in [6, 6.07) is 11.7. The van der Waals surface area contributed by atoms with Gasteiger partial charge in [0.2, 0.25) is 22.7 Å². The number of carbonyl (C=O) groups is 1. The van der Waals surface area contributed by atoms with Gasteiger partial charge in [-0.05, 0) is 45.0 Å². The number of ether oxygens (including phenoxy) is 3. The molecule has 0 aromatic heterocycles. The van der Waals surface area contributed by atoms with E-state index in [-0.39, 0.29) is 25.2 Å². The Hall–Kier alpha value is -2.94. The molecule has 1 amide bonds. The van der Waals surface area contributed by atoms with Gasteiger partial charge in [-0.15, -0.1) is 0 Å². The van der Waals surface area contributed by atoms with E-state index in [1.54, 1.807) is 42.5 Å². The summed E-state index contributed by atoms with van der Waals surface area (Å²) in [6.45, 7) is 5.05. The highest BCUT2D eigenvalue weighted by Gasteiger charge is 2.26. The Morgan fingerprint density at radius 2 is 1.93 bits per heavy atom. The molecule has 1 heterocycles. The molecule has 8 nitrogen and oxygen atoms in total. The van der Waals surface area contributed by atoms with E-state index in [1.165, 1.54) is 6.92 Å². The molecule has 0 saturated carbocycles. The van der Waals surface area contributed by atoms with Crippen LogP contribution in [0.5, 0.6) is 17.2 Å². The average Bonchev–Trinajstić information content (AvgIpc) is 3.13. The van der Waals surface area contributed by atoms with Gasteiger partial charge in [0.1, 0.15) is 12.3 Å². The molecular weight excluding hydrogens is 396 g/mol. The van der Waals surface area contributed by atoms with Crippen LogP contribution in [0.3, 0.4) is 0 Å². The van der Waals surface area contributed by atoms with Gasteiger partial charge in [-0.2, -0.15) is 0 Å². The third-order valence-electron chi connectivity index (χ3n) is 4.12. The number of amides is 1. The maximum absolute atomic E-state index is 12.6. The van der Waals surface area contributed by atoms with Crippen LogP contribution in [0.2, 0.25) is 0 Å². The number of carbonyl (C=O) groups excluding carboxylic acids is 1. The van der Waals surface area contributed by atoms with E-state index >= 15 is 0 Å². The Kier molecular flexibility index (Phi) is 6.17. The van der Waals surface area contributed by atoms with Gasteiger partial charge in [0.05, 0.1) is 17.5 Å². The molecule has 0 spiro atoms. The minimum atomic E-state index is -3.69. The van der Waals surface area contributed by atoms with Gasteiger partial charge in [0.15, 0.2) is 11.5 Å². The molecule has 0 atom stereocenters. The minimum absolute atomic E-state index is 0.00264. The first-order valence-electron chi connectivity index (χ1n) is 9.25. The molecule has 2 aromatic carbocycles. The first-order chi connectivity index (χ1) is 13.8. The summed E-state index contributed by atoms with van der Waals surface area (Å²) >= 11 is 0. The maximum atomic E-state index is 12.6. The summed E-state index contributed by atoms with van der Waals surface area (Å²) in [5.41, 5.74) is 0.857. The van der Waals surface area contributed by atoms with Crippen LogP contribution in [0.25, 0.3) is 0 Å². The standard InChI is InChI=1S/C20H24N2O6S/c1-4-29(24,25)22(16-8-9-18-19(11-16)27-13-26-18)12-20(23)21-15-6-5-7-17(10-15)28-14(2)3/h5-11,14H,4,12-13H2,1-3H3,(H,21,23). The molecule has 0 fully saturated rings. The maximum Gasteiger partial charge on any atom is 0.245 e. The van der Waals surface area contributed by atoms with Crippen molar-refractivity contribution in [1.29, 1.82) is 0 Å². The first kappa shape index (κ1) is 20.8. The predicted octanol–water partition coefficient (Wildman–Crippen LogP) is 3.00. The van der Waals surface area contributed by atoms with Crippen molar-refractivity contribution in [2.75, 3.05) is 28.7 Å². The molecule has 1 aliphatic rings. The van der Waals surface area contributed by atoms with Crippen molar-refractivity contribution in [3.8, 4) is 17.2 Å². The molecule has 0 radical (unpaired) electrons. The van der Waals surface area contributed by atoms with Gasteiger partial charge < -0.3 is 19.5 Å². The van der Waals surface area contributed by atoms with Gasteiger partial charge >= 0.3 is 0 Å². The van der Waals surface area contributed by atoms with Crippen molar-refractivity contribution in [3.05, 3.63) is 42.5 Å². The van der Waals surface area contributed by atoms with Gasteiger partial charge in [0, 0.05) is 17.8 Å². The lowest BCUT2D eigenvalue weighted by Gasteiger charge is -2.23. The quantitative estimate of drug-likeness (QED) is 0.706. The van der Waals surface area contributed by atoms with Crippen LogP contribution in [0.4, 0.5) is 11.4 Å². The van der Waals surface area contributed by atoms with E-state index in [4.69, 9.17) is 14.2 Å². The lowest BCUT2D eigenvalue weighted by molar-refractivity contribution is -0.114. The van der Waals surface area contributed by atoms with Crippen molar-refractivity contribution in [2.45, 2.75) is 26.9 Å². The third-order valence-corrected chi connectivity index (χ3v) is 5.86. The fraction of sp³-hybridized carbons (Fsp3) is 0.350. The first-order valence-corrected chi connectivity index (χ1v) is 10.9. The smallest absolute Gasteiger partial charge is 0.245 e. The average molecular weight is 420 g/mol. The molecule has 2 aromatic rings. The number of sulfonamides is 1. The van der Waals surface area contributed by atoms with Crippen molar-refractivity contribution < 1.29 is 27.4 Å². The highest BCUT2D eigenvalue weighted by Crippen LogP contribution is 2.36. The van der Waals surface area contributed by atoms with Crippen LogP contribution in [-0.4, -0.2) is 39.5 Å². The Morgan fingerprint density at radius 3 is 2.66 bits per heavy atom. The summed E-state index contributed by atoms with van der Waals surface area (Å²) in [6.07, 6.45) is -0.00264. The number of hydrogen-bond donors (Lipinski definition) is 1. The Bertz CT molecular complexity index is 990. The molecule has 0 unspecified atom stereocenters. The van der Waals surface area contributed by atoms with Crippen molar-refractivity contribution in [3.63, 3.8) is 0 Å². The lowest BCUT2D eigenvalue weighted by Crippen LogP contribution is -2.39. The number of rotatable bonds is 8. The second-order valence-electron chi connectivity index (χ2n) is 6.69. The second-order valence-corrected chi connectivity index (χ2v) is 8.87. The van der Waals surface area contributed by atoms with Crippen molar-refractivity contribution >= 4 is 27.3 Å². The Labute approximate surface area is 170 Å². The minimum Gasteiger partial charge on any atom is -0.491 e. The molecule has 29 heavy (non-hydrogen) atoms. The highest BCUT2D eigenvalue weighted by molar-refractivity contribution is 7.92. The fourth-order valence-corrected chi connectivity index (χ4v) is 3.86. The van der Waals surface area contributed by atoms with Crippen molar-refractivity contribution in [1.82, 2.24) is 0 Å². The molecule has 0 saturated heterocycles. The lowest BCUT2D eigenvalue weighted by atomic mass is 10.2. The van der Waals surface area contributed by atoms with E-state index in [0.717, 1.165) is 4.31 Å². The zero-order valence-corrected chi connectivity index (χ0v) is 17.4. The van der Waals surface area contributed by atoms with Gasteiger partial charge in [-0.25, -0.2) is 8.42 Å². The Balaban J connectivity index is 1.79. The van der Waals surface area contributed by atoms with Gasteiger partial charge in [0.25, 0.3) is 0 Å². The molecule has 0 bridgehead atoms. The molecule has 3 rings (SSSR count). The van der Waals surface area contributed by atoms with Gasteiger partial charge in [-0.3, -0.25) is 9.10 Å². The number of nitrogens with zero attached hydrogens (tertiary/aromatic N) is 1. The van der Waals surface area contributed by atoms with Gasteiger partial charge in [-0.1, -0.05) is 6.07 Å². The van der Waals surface area contributed by atoms with Crippen LogP contribution in [0.15, 0.2) is 42.5 Å². The van der Waals surface area contributed by atoms with Crippen LogP contribution in [-0.2, 0) is 14.8 Å². The van der Waals surface area contributed by atoms with E-state index in [1.807, 2.05) is 13.8 Å². The fourth-order valence-electron chi connectivity index (χ4n) is 2.80. The summed E-state index contributed by atoms with van der Waals surface area (Å²) in [5.74, 6) is 0.978. The zero-order chi connectivity index (χ0) is 21.0. The highest BCUT2D eigenvalue weighted by atomic mass is 32.2. The van der Waals surface area contributed by atoms with E-state index in [0.29, 0.717) is 28.6 Å². The van der Waals surface area contributed by atoms with Crippen LogP contribution < -0.4 is 23.8 Å². The van der Waals surface area contributed by atoms with Crippen molar-refractivity contribution in [2.24, 2.45) is 0 Å². The third kappa shape index (κ3) is 5.11. The van der Waals surface area contributed by atoms with E-state index in [2.05, 4.69) is 5.32 Å². The second kappa shape index (κ2) is 8.60. The molecule has 1 N–H and O–H groups in total. The number of fused-ring (bicyclic) bond motifs is 1. The van der Waals surface area contributed by atoms with E-state index < -0.39 is 15.9 Å². The van der Waals surface area contributed by atoms with Crippen LogP contribution in [0.1, 0.15) is 20.8 Å². The number of hydrogen-bond acceptors (Lipinski definition) is 6. The summed E-state index contributed by atoms with van der Waals surface area (Å²) in [7, 11) is -3.69. The summed E-state index contributed by atoms with van der Waals surface area (Å²) in [4.78, 5) is 12.6. The number of nitrogens with one attached hydrogen (secondary N) is 1.